The molecular formula is C51H38N5-. The van der Waals surface area contributed by atoms with Crippen molar-refractivity contribution in [2.45, 2.75) is 31.8 Å². The molecule has 0 bridgehead atoms. The van der Waals surface area contributed by atoms with Crippen LogP contribution < -0.4 is 0 Å². The summed E-state index contributed by atoms with van der Waals surface area (Å²) in [6, 6.07) is 54.2. The van der Waals surface area contributed by atoms with Crippen molar-refractivity contribution >= 4 is 66.6 Å². The first-order chi connectivity index (χ1) is 27.8. The van der Waals surface area contributed by atoms with E-state index in [1.165, 1.54) is 60.4 Å². The van der Waals surface area contributed by atoms with Gasteiger partial charge in [-0.15, -0.1) is 0 Å². The van der Waals surface area contributed by atoms with Crippen LogP contribution in [0.25, 0.3) is 65.9 Å². The van der Waals surface area contributed by atoms with E-state index in [0.717, 1.165) is 59.8 Å². The summed E-state index contributed by atoms with van der Waals surface area (Å²) < 4.78 is 4.89. The molecule has 0 fully saturated rings. The maximum absolute atomic E-state index is 5.19. The normalized spacial score (nSPS) is 17.2. The molecule has 6 aromatic carbocycles. The highest BCUT2D eigenvalue weighted by atomic mass is 15.2. The van der Waals surface area contributed by atoms with Gasteiger partial charge in [-0.05, 0) is 96.0 Å². The monoisotopic (exact) mass is 720 g/mol. The second kappa shape index (κ2) is 13.4. The van der Waals surface area contributed by atoms with E-state index in [2.05, 4.69) is 179 Å². The molecule has 3 heterocycles. The summed E-state index contributed by atoms with van der Waals surface area (Å²) in [5, 5.41) is 10.2. The number of fused-ring (bicyclic) bond motifs is 6. The van der Waals surface area contributed by atoms with Crippen LogP contribution in [0.2, 0.25) is 0 Å². The Morgan fingerprint density at radius 2 is 1.18 bits per heavy atom. The minimum absolute atomic E-state index is 0.350. The zero-order valence-corrected chi connectivity index (χ0v) is 30.9. The summed E-state index contributed by atoms with van der Waals surface area (Å²) in [6.07, 6.45) is 12.4. The number of hydrogen-bond donors (Lipinski definition) is 0. The van der Waals surface area contributed by atoms with Crippen LogP contribution in [-0.2, 0) is 0 Å². The Morgan fingerprint density at radius 1 is 0.536 bits per heavy atom. The van der Waals surface area contributed by atoms with Gasteiger partial charge in [-0.25, -0.2) is 0 Å². The maximum atomic E-state index is 5.19. The van der Waals surface area contributed by atoms with Gasteiger partial charge in [-0.3, -0.25) is 4.99 Å². The van der Waals surface area contributed by atoms with Gasteiger partial charge < -0.3 is 19.4 Å². The number of amidine groups is 2. The summed E-state index contributed by atoms with van der Waals surface area (Å²) in [6.45, 7) is 0. The van der Waals surface area contributed by atoms with Crippen LogP contribution in [0.1, 0.15) is 43.0 Å². The lowest BCUT2D eigenvalue weighted by Gasteiger charge is -2.34. The van der Waals surface area contributed by atoms with Crippen molar-refractivity contribution in [1.29, 1.82) is 0 Å². The summed E-state index contributed by atoms with van der Waals surface area (Å²) in [5.41, 5.74) is 13.1. The molecule has 1 unspecified atom stereocenters. The average molecular weight is 721 g/mol. The Labute approximate surface area is 325 Å². The van der Waals surface area contributed by atoms with Crippen molar-refractivity contribution in [3.8, 4) is 5.69 Å². The lowest BCUT2D eigenvalue weighted by atomic mass is 9.93. The van der Waals surface area contributed by atoms with Gasteiger partial charge in [-0.2, -0.15) is 0 Å². The number of rotatable bonds is 6. The minimum atomic E-state index is -0.350. The molecule has 0 saturated carbocycles. The van der Waals surface area contributed by atoms with Crippen LogP contribution in [-0.4, -0.2) is 20.8 Å². The minimum Gasteiger partial charge on any atom is -0.438 e. The maximum Gasteiger partial charge on any atom is 0.0821 e. The molecule has 11 rings (SSSR count). The zero-order valence-electron chi connectivity index (χ0n) is 30.9. The zero-order chi connectivity index (χ0) is 37.0. The molecule has 0 radical (unpaired) electrons. The van der Waals surface area contributed by atoms with E-state index in [1.54, 1.807) is 0 Å². The molecule has 2 aromatic heterocycles. The molecule has 0 saturated heterocycles. The SMILES string of the molecule is C1=C(C2=NC(C3=CC=C(n4c5ccccc5c5cc6c7ccccc7n(-c7ccccc7)c6cc54)CC3)=NC(c3ccccc3)[N-]2)C=C(c2ccccc2)CC1. The Kier molecular flexibility index (Phi) is 7.76. The number of para-hydroxylation sites is 3. The van der Waals surface area contributed by atoms with Crippen LogP contribution in [0, 0.1) is 0 Å². The fraction of sp³-hybridized carbons (Fsp3) is 0.0980. The third kappa shape index (κ3) is 5.46. The quantitative estimate of drug-likeness (QED) is 0.164. The van der Waals surface area contributed by atoms with Crippen LogP contribution in [0.4, 0.5) is 0 Å². The van der Waals surface area contributed by atoms with Crippen molar-refractivity contribution in [1.82, 2.24) is 9.13 Å². The van der Waals surface area contributed by atoms with Crippen molar-refractivity contribution < 1.29 is 0 Å². The highest BCUT2D eigenvalue weighted by molar-refractivity contribution is 6.21. The van der Waals surface area contributed by atoms with E-state index < -0.39 is 0 Å². The molecule has 56 heavy (non-hydrogen) atoms. The number of aliphatic imine (C=N–C) groups is 2. The lowest BCUT2D eigenvalue weighted by molar-refractivity contribution is 0.867. The summed E-state index contributed by atoms with van der Waals surface area (Å²) >= 11 is 0. The van der Waals surface area contributed by atoms with Crippen molar-refractivity contribution in [3.63, 3.8) is 0 Å². The topological polar surface area (TPSA) is 48.7 Å². The van der Waals surface area contributed by atoms with Gasteiger partial charge in [0, 0.05) is 38.8 Å². The van der Waals surface area contributed by atoms with Crippen LogP contribution >= 0.6 is 0 Å². The van der Waals surface area contributed by atoms with Crippen molar-refractivity contribution in [3.05, 3.63) is 204 Å². The Hall–Kier alpha value is -6.98. The summed E-state index contributed by atoms with van der Waals surface area (Å²) in [5.74, 6) is 1.53. The molecule has 2 aliphatic carbocycles. The molecule has 8 aromatic rings. The molecule has 0 amide bonds. The van der Waals surface area contributed by atoms with Crippen LogP contribution in [0.3, 0.4) is 0 Å². The van der Waals surface area contributed by atoms with Crippen LogP contribution in [0.5, 0.6) is 0 Å². The van der Waals surface area contributed by atoms with Gasteiger partial charge in [-0.1, -0.05) is 139 Å². The number of allylic oxidation sites excluding steroid dienone is 5. The Morgan fingerprint density at radius 3 is 1.89 bits per heavy atom. The van der Waals surface area contributed by atoms with Gasteiger partial charge >= 0.3 is 0 Å². The van der Waals surface area contributed by atoms with E-state index >= 15 is 0 Å². The molecule has 5 nitrogen and oxygen atoms in total. The fourth-order valence-corrected chi connectivity index (χ4v) is 8.82. The number of benzene rings is 6. The first-order valence-corrected chi connectivity index (χ1v) is 19.6. The highest BCUT2D eigenvalue weighted by Gasteiger charge is 2.22. The van der Waals surface area contributed by atoms with Gasteiger partial charge in [0.2, 0.25) is 0 Å². The molecular weight excluding hydrogens is 683 g/mol. The smallest absolute Gasteiger partial charge is 0.0821 e. The van der Waals surface area contributed by atoms with Gasteiger partial charge in [0.05, 0.1) is 28.2 Å². The van der Waals surface area contributed by atoms with E-state index in [4.69, 9.17) is 15.3 Å². The third-order valence-electron chi connectivity index (χ3n) is 11.5. The van der Waals surface area contributed by atoms with E-state index in [9.17, 15) is 0 Å². The molecule has 0 spiro atoms. The summed E-state index contributed by atoms with van der Waals surface area (Å²) in [4.78, 5) is 10.4. The first-order valence-electron chi connectivity index (χ1n) is 19.6. The molecule has 5 heteroatoms. The standard InChI is InChI=1S/C51H38N5/c1-4-15-34(16-5-1)37-19-14-20-38(31-37)51-53-49(35-17-6-2-7-18-35)52-50(54-51)36-27-29-40(30-28-36)56-46-26-13-11-24-42(46)44-32-43-41-23-10-12-25-45(41)55(47(43)33-48(44)56)39-21-8-3-9-22-39/h1-13,15-18,20-27,29,31-33,49H,14,19,28,30H2/q-1. The Bertz CT molecular complexity index is 3020. The van der Waals surface area contributed by atoms with Crippen LogP contribution in [0.15, 0.2) is 197 Å². The lowest BCUT2D eigenvalue weighted by Crippen LogP contribution is -2.18. The van der Waals surface area contributed by atoms with Crippen molar-refractivity contribution in [2.75, 3.05) is 0 Å². The Balaban J connectivity index is 1.04. The predicted molar refractivity (Wildman–Crippen MR) is 235 cm³/mol. The first kappa shape index (κ1) is 32.5. The largest absolute Gasteiger partial charge is 0.438 e. The second-order valence-electron chi connectivity index (χ2n) is 14.8. The molecule has 268 valence electrons. The third-order valence-corrected chi connectivity index (χ3v) is 11.5. The molecule has 0 N–H and O–H groups in total. The van der Waals surface area contributed by atoms with Gasteiger partial charge in [0.15, 0.2) is 0 Å². The second-order valence-corrected chi connectivity index (χ2v) is 14.8. The van der Waals surface area contributed by atoms with E-state index in [-0.39, 0.29) is 6.17 Å². The van der Waals surface area contributed by atoms with Gasteiger partial charge in [0.25, 0.3) is 0 Å². The summed E-state index contributed by atoms with van der Waals surface area (Å²) in [7, 11) is 0. The molecule has 3 aliphatic rings. The highest BCUT2D eigenvalue weighted by Crippen LogP contribution is 2.41. The van der Waals surface area contributed by atoms with Crippen molar-refractivity contribution in [2.24, 2.45) is 9.98 Å². The molecule has 1 atom stereocenters. The fourth-order valence-electron chi connectivity index (χ4n) is 8.82. The number of nitrogens with zero attached hydrogens (tertiary/aromatic N) is 5. The van der Waals surface area contributed by atoms with Gasteiger partial charge in [0.1, 0.15) is 0 Å². The van der Waals surface area contributed by atoms with E-state index in [1.807, 2.05) is 6.07 Å². The average Bonchev–Trinajstić information content (AvgIpc) is 3.78. The number of hydrogen-bond acceptors (Lipinski definition) is 2. The number of aromatic nitrogens is 2. The predicted octanol–water partition coefficient (Wildman–Crippen LogP) is 13.1. The molecule has 1 aliphatic heterocycles. The van der Waals surface area contributed by atoms with E-state index in [0.29, 0.717) is 0 Å².